The van der Waals surface area contributed by atoms with Gasteiger partial charge in [0.25, 0.3) is 0 Å². The van der Waals surface area contributed by atoms with Gasteiger partial charge < -0.3 is 4.65 Å². The third-order valence-electron chi connectivity index (χ3n) is 1.74. The van der Waals surface area contributed by atoms with E-state index >= 15 is 0 Å². The van der Waals surface area contributed by atoms with Gasteiger partial charge in [-0.25, -0.2) is 8.63 Å². The topological polar surface area (TPSA) is 26.3 Å². The summed E-state index contributed by atoms with van der Waals surface area (Å²) in [4.78, 5) is 11.5. The van der Waals surface area contributed by atoms with Crippen molar-refractivity contribution >= 4 is 24.9 Å². The lowest BCUT2D eigenvalue weighted by Gasteiger charge is -2.01. The maximum atomic E-state index is 11.8. The minimum atomic E-state index is -2.92. The molecule has 0 aliphatic rings. The summed E-state index contributed by atoms with van der Waals surface area (Å²) < 4.78 is 27.6. The lowest BCUT2D eigenvalue weighted by Crippen LogP contribution is -2.04. The van der Waals surface area contributed by atoms with E-state index in [0.29, 0.717) is 10.6 Å². The van der Waals surface area contributed by atoms with Gasteiger partial charge in [0.15, 0.2) is 5.78 Å². The average molecular weight is 244 g/mol. The molecule has 0 bridgehead atoms. The first kappa shape index (κ1) is 12.7. The van der Waals surface area contributed by atoms with E-state index in [9.17, 15) is 13.4 Å². The molecule has 16 heavy (non-hydrogen) atoms. The Hall–Kier alpha value is -1.36. The fourth-order valence-corrected chi connectivity index (χ4v) is 1.18. The van der Waals surface area contributed by atoms with Crippen LogP contribution in [0.3, 0.4) is 0 Å². The first-order valence-electron chi connectivity index (χ1n) is 4.42. The molecular weight excluding hydrogens is 236 g/mol. The predicted molar refractivity (Wildman–Crippen MR) is 58.6 cm³/mol. The van der Waals surface area contributed by atoms with Gasteiger partial charge in [0, 0.05) is 16.7 Å². The zero-order valence-electron chi connectivity index (χ0n) is 8.41. The molecule has 0 atom stereocenters. The molecule has 84 valence electrons. The number of carbonyl (C=O) groups is 1. The molecule has 0 spiro atoms. The fraction of sp³-hybridized carbons (Fsp3) is 0.100. The van der Waals surface area contributed by atoms with Gasteiger partial charge in [-0.1, -0.05) is 11.6 Å². The molecular formula is C10H8BClF2O2. The van der Waals surface area contributed by atoms with Crippen molar-refractivity contribution in [3.05, 3.63) is 46.7 Å². The van der Waals surface area contributed by atoms with E-state index in [4.69, 9.17) is 11.6 Å². The number of carbonyl (C=O) groups excluding carboxylic acids is 1. The molecule has 0 aliphatic carbocycles. The minimum absolute atomic E-state index is 0.130. The highest BCUT2D eigenvalue weighted by Gasteiger charge is 2.17. The van der Waals surface area contributed by atoms with E-state index in [1.807, 2.05) is 0 Å². The van der Waals surface area contributed by atoms with E-state index in [-0.39, 0.29) is 5.76 Å². The van der Waals surface area contributed by atoms with Crippen LogP contribution in [0.4, 0.5) is 8.63 Å². The normalized spacial score (nSPS) is 11.1. The SMILES string of the molecule is C/C(=C/C(=O)c1ccc(Cl)cc1)OB(F)F. The molecule has 6 heteroatoms. The largest absolute Gasteiger partial charge is 0.796 e. The van der Waals surface area contributed by atoms with Crippen LogP contribution >= 0.6 is 11.6 Å². The molecule has 0 heterocycles. The van der Waals surface area contributed by atoms with Crippen LogP contribution in [-0.2, 0) is 4.65 Å². The van der Waals surface area contributed by atoms with Gasteiger partial charge >= 0.3 is 7.47 Å². The summed E-state index contributed by atoms with van der Waals surface area (Å²) in [6.45, 7) is 1.29. The molecule has 0 saturated heterocycles. The van der Waals surface area contributed by atoms with Crippen molar-refractivity contribution in [3.8, 4) is 0 Å². The highest BCUT2D eigenvalue weighted by atomic mass is 35.5. The molecule has 1 aromatic rings. The molecule has 2 nitrogen and oxygen atoms in total. The molecule has 0 N–H and O–H groups in total. The highest BCUT2D eigenvalue weighted by molar-refractivity contribution is 6.34. The third kappa shape index (κ3) is 4.02. The Labute approximate surface area is 97.1 Å². The number of allylic oxidation sites excluding steroid dienone is 2. The molecule has 0 amide bonds. The third-order valence-corrected chi connectivity index (χ3v) is 1.99. The summed E-state index contributed by atoms with van der Waals surface area (Å²) in [5, 5.41) is 0.501. The number of rotatable bonds is 4. The zero-order valence-corrected chi connectivity index (χ0v) is 9.17. The van der Waals surface area contributed by atoms with Gasteiger partial charge in [-0.2, -0.15) is 0 Å². The average Bonchev–Trinajstić information content (AvgIpc) is 2.16. The van der Waals surface area contributed by atoms with Gasteiger partial charge in [-0.15, -0.1) is 0 Å². The Morgan fingerprint density at radius 1 is 1.38 bits per heavy atom. The van der Waals surface area contributed by atoms with E-state index in [1.54, 1.807) is 12.1 Å². The van der Waals surface area contributed by atoms with E-state index < -0.39 is 13.3 Å². The Morgan fingerprint density at radius 3 is 2.44 bits per heavy atom. The Balaban J connectivity index is 2.75. The number of ketones is 1. The van der Waals surface area contributed by atoms with Crippen molar-refractivity contribution in [2.24, 2.45) is 0 Å². The Morgan fingerprint density at radius 2 is 1.94 bits per heavy atom. The first-order chi connectivity index (χ1) is 7.49. The quantitative estimate of drug-likeness (QED) is 0.351. The van der Waals surface area contributed by atoms with Crippen LogP contribution in [-0.4, -0.2) is 13.3 Å². The molecule has 0 unspecified atom stereocenters. The summed E-state index contributed by atoms with van der Waals surface area (Å²) in [6.07, 6.45) is 1.01. The number of hydrogen-bond acceptors (Lipinski definition) is 2. The van der Waals surface area contributed by atoms with Gasteiger partial charge in [0.1, 0.15) is 0 Å². The predicted octanol–water partition coefficient (Wildman–Crippen LogP) is 3.37. The van der Waals surface area contributed by atoms with E-state index in [1.165, 1.54) is 19.1 Å². The van der Waals surface area contributed by atoms with Crippen LogP contribution in [0.15, 0.2) is 36.1 Å². The standard InChI is InChI=1S/C10H8BClF2O2/c1-7(16-11(13)14)6-10(15)8-2-4-9(12)5-3-8/h2-6H,1H3/b7-6-. The maximum Gasteiger partial charge on any atom is 0.796 e. The molecule has 1 rings (SSSR count). The summed E-state index contributed by atoms with van der Waals surface area (Å²) in [5.74, 6) is -0.537. The molecule has 1 aromatic carbocycles. The van der Waals surface area contributed by atoms with Crippen LogP contribution in [0.1, 0.15) is 17.3 Å². The van der Waals surface area contributed by atoms with Crippen molar-refractivity contribution < 1.29 is 18.1 Å². The molecule has 0 aliphatic heterocycles. The minimum Gasteiger partial charge on any atom is -0.509 e. The van der Waals surface area contributed by atoms with Crippen molar-refractivity contribution in [2.75, 3.05) is 0 Å². The monoisotopic (exact) mass is 244 g/mol. The summed E-state index contributed by atoms with van der Waals surface area (Å²) in [5.41, 5.74) is 0.363. The lowest BCUT2D eigenvalue weighted by molar-refractivity contribution is 0.104. The van der Waals surface area contributed by atoms with Crippen molar-refractivity contribution in [2.45, 2.75) is 6.92 Å². The van der Waals surface area contributed by atoms with E-state index in [0.717, 1.165) is 6.08 Å². The molecule has 0 aromatic heterocycles. The molecule has 0 saturated carbocycles. The van der Waals surface area contributed by atoms with Gasteiger partial charge in [-0.3, -0.25) is 4.79 Å². The number of benzene rings is 1. The van der Waals surface area contributed by atoms with Crippen LogP contribution in [0, 0.1) is 0 Å². The van der Waals surface area contributed by atoms with Gasteiger partial charge in [0.05, 0.1) is 5.76 Å². The smallest absolute Gasteiger partial charge is 0.509 e. The first-order valence-corrected chi connectivity index (χ1v) is 4.80. The second-order valence-corrected chi connectivity index (χ2v) is 3.44. The van der Waals surface area contributed by atoms with Crippen molar-refractivity contribution in [1.82, 2.24) is 0 Å². The zero-order chi connectivity index (χ0) is 12.1. The van der Waals surface area contributed by atoms with Crippen LogP contribution < -0.4 is 0 Å². The van der Waals surface area contributed by atoms with Crippen LogP contribution in [0.5, 0.6) is 0 Å². The van der Waals surface area contributed by atoms with Crippen molar-refractivity contribution in [1.29, 1.82) is 0 Å². The maximum absolute atomic E-state index is 11.8. The summed E-state index contributed by atoms with van der Waals surface area (Å²) >= 11 is 5.64. The van der Waals surface area contributed by atoms with Crippen LogP contribution in [0.2, 0.25) is 5.02 Å². The van der Waals surface area contributed by atoms with Crippen molar-refractivity contribution in [3.63, 3.8) is 0 Å². The number of halogens is 3. The molecule has 0 radical (unpaired) electrons. The van der Waals surface area contributed by atoms with Crippen LogP contribution in [0.25, 0.3) is 0 Å². The highest BCUT2D eigenvalue weighted by Crippen LogP contribution is 2.11. The second-order valence-electron chi connectivity index (χ2n) is 3.00. The number of hydrogen-bond donors (Lipinski definition) is 0. The Kier molecular flexibility index (Phi) is 4.49. The summed E-state index contributed by atoms with van der Waals surface area (Å²) in [7, 11) is -2.92. The second kappa shape index (κ2) is 5.65. The summed E-state index contributed by atoms with van der Waals surface area (Å²) in [6, 6.07) is 6.12. The van der Waals surface area contributed by atoms with Gasteiger partial charge in [0.2, 0.25) is 0 Å². The lowest BCUT2D eigenvalue weighted by atomic mass is 10.1. The Bertz CT molecular complexity index is 404. The van der Waals surface area contributed by atoms with E-state index in [2.05, 4.69) is 4.65 Å². The molecule has 0 fully saturated rings. The fourth-order valence-electron chi connectivity index (χ4n) is 1.06. The van der Waals surface area contributed by atoms with Gasteiger partial charge in [-0.05, 0) is 31.2 Å².